The Morgan fingerprint density at radius 2 is 2.17 bits per heavy atom. The van der Waals surface area contributed by atoms with Gasteiger partial charge >= 0.3 is 0 Å². The molecule has 1 amide bonds. The van der Waals surface area contributed by atoms with Crippen LogP contribution < -0.4 is 0 Å². The number of para-hydroxylation sites is 1. The molecule has 0 N–H and O–H groups in total. The largest absolute Gasteiger partial charge is 0.350 e. The first kappa shape index (κ1) is 15.0. The Hall–Kier alpha value is -2.56. The summed E-state index contributed by atoms with van der Waals surface area (Å²) in [5.41, 5.74) is 2.29. The van der Waals surface area contributed by atoms with E-state index in [0.29, 0.717) is 6.42 Å². The van der Waals surface area contributed by atoms with Crippen LogP contribution in [-0.2, 0) is 24.8 Å². The SMILES string of the molecule is Cn1cc(CC(=O)N2CCCC2Cn2cccn2)c2ccccc21. The predicted octanol–water partition coefficient (Wildman–Crippen LogP) is 2.61. The summed E-state index contributed by atoms with van der Waals surface area (Å²) in [6.07, 6.45) is 8.44. The van der Waals surface area contributed by atoms with E-state index >= 15 is 0 Å². The highest BCUT2D eigenvalue weighted by atomic mass is 16.2. The Labute approximate surface area is 141 Å². The van der Waals surface area contributed by atoms with Gasteiger partial charge in [0.05, 0.1) is 19.0 Å². The van der Waals surface area contributed by atoms with Crippen LogP contribution in [0.2, 0.25) is 0 Å². The number of aromatic nitrogens is 3. The average molecular weight is 322 g/mol. The zero-order chi connectivity index (χ0) is 16.5. The number of carbonyl (C=O) groups excluding carboxylic acids is 1. The third-order valence-electron chi connectivity index (χ3n) is 4.98. The second-order valence-corrected chi connectivity index (χ2v) is 6.57. The van der Waals surface area contributed by atoms with Gasteiger partial charge in [-0.2, -0.15) is 5.10 Å². The van der Waals surface area contributed by atoms with E-state index in [-0.39, 0.29) is 11.9 Å². The van der Waals surface area contributed by atoms with Crippen molar-refractivity contribution in [2.45, 2.75) is 31.8 Å². The van der Waals surface area contributed by atoms with Gasteiger partial charge in [0.25, 0.3) is 0 Å². The van der Waals surface area contributed by atoms with Gasteiger partial charge in [-0.05, 0) is 30.5 Å². The molecule has 5 heteroatoms. The zero-order valence-electron chi connectivity index (χ0n) is 13.9. The molecule has 2 aromatic heterocycles. The molecule has 0 aliphatic carbocycles. The first-order valence-electron chi connectivity index (χ1n) is 8.52. The monoisotopic (exact) mass is 322 g/mol. The van der Waals surface area contributed by atoms with Gasteiger partial charge in [-0.25, -0.2) is 0 Å². The highest BCUT2D eigenvalue weighted by Gasteiger charge is 2.29. The highest BCUT2D eigenvalue weighted by molar-refractivity contribution is 5.89. The van der Waals surface area contributed by atoms with Crippen molar-refractivity contribution in [3.05, 3.63) is 54.5 Å². The molecule has 1 aliphatic rings. The fraction of sp³-hybridized carbons (Fsp3) is 0.368. The smallest absolute Gasteiger partial charge is 0.227 e. The van der Waals surface area contributed by atoms with E-state index < -0.39 is 0 Å². The number of nitrogens with zero attached hydrogens (tertiary/aromatic N) is 4. The van der Waals surface area contributed by atoms with E-state index in [9.17, 15) is 4.79 Å². The minimum absolute atomic E-state index is 0.223. The Morgan fingerprint density at radius 3 is 3.00 bits per heavy atom. The molecule has 124 valence electrons. The van der Waals surface area contributed by atoms with Gasteiger partial charge in [-0.3, -0.25) is 9.48 Å². The van der Waals surface area contributed by atoms with E-state index in [1.807, 2.05) is 41.0 Å². The van der Waals surface area contributed by atoms with Crippen molar-refractivity contribution in [1.29, 1.82) is 0 Å². The van der Waals surface area contributed by atoms with E-state index in [1.54, 1.807) is 6.20 Å². The summed E-state index contributed by atoms with van der Waals surface area (Å²) in [6, 6.07) is 10.5. The number of benzene rings is 1. The van der Waals surface area contributed by atoms with Crippen LogP contribution in [0.25, 0.3) is 10.9 Å². The van der Waals surface area contributed by atoms with E-state index in [2.05, 4.69) is 28.0 Å². The van der Waals surface area contributed by atoms with Gasteiger partial charge in [-0.1, -0.05) is 18.2 Å². The number of aryl methyl sites for hydroxylation is 1. The maximum Gasteiger partial charge on any atom is 0.227 e. The molecule has 1 aliphatic heterocycles. The van der Waals surface area contributed by atoms with E-state index in [1.165, 1.54) is 10.9 Å². The third kappa shape index (κ3) is 2.70. The second kappa shape index (κ2) is 6.15. The molecule has 5 nitrogen and oxygen atoms in total. The molecule has 3 aromatic rings. The van der Waals surface area contributed by atoms with Crippen LogP contribution in [0.4, 0.5) is 0 Å². The zero-order valence-corrected chi connectivity index (χ0v) is 13.9. The molecule has 1 aromatic carbocycles. The predicted molar refractivity (Wildman–Crippen MR) is 93.6 cm³/mol. The topological polar surface area (TPSA) is 43.1 Å². The fourth-order valence-corrected chi connectivity index (χ4v) is 3.81. The quantitative estimate of drug-likeness (QED) is 0.741. The molecule has 0 saturated carbocycles. The molecule has 1 saturated heterocycles. The average Bonchev–Trinajstić information content (AvgIpc) is 3.31. The first-order chi connectivity index (χ1) is 11.7. The van der Waals surface area contributed by atoms with Crippen molar-refractivity contribution in [1.82, 2.24) is 19.2 Å². The van der Waals surface area contributed by atoms with Gasteiger partial charge in [0.1, 0.15) is 0 Å². The molecule has 24 heavy (non-hydrogen) atoms. The maximum atomic E-state index is 12.9. The van der Waals surface area contributed by atoms with Gasteiger partial charge in [0.15, 0.2) is 0 Å². The van der Waals surface area contributed by atoms with Crippen LogP contribution in [0, 0.1) is 0 Å². The van der Waals surface area contributed by atoms with Gasteiger partial charge in [0, 0.05) is 43.1 Å². The molecule has 0 bridgehead atoms. The van der Waals surface area contributed by atoms with Crippen molar-refractivity contribution in [2.24, 2.45) is 7.05 Å². The molecule has 1 fully saturated rings. The number of carbonyl (C=O) groups is 1. The summed E-state index contributed by atoms with van der Waals surface area (Å²) in [5, 5.41) is 5.45. The molecule has 3 heterocycles. The van der Waals surface area contributed by atoms with Crippen LogP contribution in [-0.4, -0.2) is 37.7 Å². The van der Waals surface area contributed by atoms with Crippen molar-refractivity contribution < 1.29 is 4.79 Å². The molecule has 0 radical (unpaired) electrons. The number of amides is 1. The van der Waals surface area contributed by atoms with Gasteiger partial charge in [-0.15, -0.1) is 0 Å². The normalized spacial score (nSPS) is 17.7. The van der Waals surface area contributed by atoms with E-state index in [0.717, 1.165) is 31.5 Å². The minimum Gasteiger partial charge on any atom is -0.350 e. The van der Waals surface area contributed by atoms with Crippen LogP contribution in [0.1, 0.15) is 18.4 Å². The lowest BCUT2D eigenvalue weighted by molar-refractivity contribution is -0.131. The van der Waals surface area contributed by atoms with Crippen LogP contribution in [0.3, 0.4) is 0 Å². The van der Waals surface area contributed by atoms with Crippen LogP contribution in [0.15, 0.2) is 48.9 Å². The van der Waals surface area contributed by atoms with Crippen LogP contribution >= 0.6 is 0 Å². The van der Waals surface area contributed by atoms with Crippen LogP contribution in [0.5, 0.6) is 0 Å². The Balaban J connectivity index is 1.52. The number of fused-ring (bicyclic) bond motifs is 1. The molecule has 4 rings (SSSR count). The number of hydrogen-bond acceptors (Lipinski definition) is 2. The third-order valence-corrected chi connectivity index (χ3v) is 4.98. The lowest BCUT2D eigenvalue weighted by Crippen LogP contribution is -2.39. The Morgan fingerprint density at radius 1 is 1.29 bits per heavy atom. The summed E-state index contributed by atoms with van der Waals surface area (Å²) in [5.74, 6) is 0.223. The van der Waals surface area contributed by atoms with Crippen molar-refractivity contribution in [3.8, 4) is 0 Å². The van der Waals surface area contributed by atoms with Crippen molar-refractivity contribution >= 4 is 16.8 Å². The summed E-state index contributed by atoms with van der Waals surface area (Å²) in [6.45, 7) is 1.64. The second-order valence-electron chi connectivity index (χ2n) is 6.57. The highest BCUT2D eigenvalue weighted by Crippen LogP contribution is 2.24. The van der Waals surface area contributed by atoms with Crippen molar-refractivity contribution in [2.75, 3.05) is 6.54 Å². The maximum absolute atomic E-state index is 12.9. The van der Waals surface area contributed by atoms with Gasteiger partial charge < -0.3 is 9.47 Å². The molecule has 1 atom stereocenters. The van der Waals surface area contributed by atoms with Crippen molar-refractivity contribution in [3.63, 3.8) is 0 Å². The number of rotatable bonds is 4. The summed E-state index contributed by atoms with van der Waals surface area (Å²) in [4.78, 5) is 14.9. The molecule has 1 unspecified atom stereocenters. The number of hydrogen-bond donors (Lipinski definition) is 0. The molecular weight excluding hydrogens is 300 g/mol. The lowest BCUT2D eigenvalue weighted by atomic mass is 10.1. The Kier molecular flexibility index (Phi) is 3.84. The summed E-state index contributed by atoms with van der Waals surface area (Å²) in [7, 11) is 2.03. The Bertz CT molecular complexity index is 850. The summed E-state index contributed by atoms with van der Waals surface area (Å²) < 4.78 is 4.03. The minimum atomic E-state index is 0.223. The van der Waals surface area contributed by atoms with Gasteiger partial charge in [0.2, 0.25) is 5.91 Å². The lowest BCUT2D eigenvalue weighted by Gasteiger charge is -2.24. The van der Waals surface area contributed by atoms with E-state index in [4.69, 9.17) is 0 Å². The molecule has 0 spiro atoms. The first-order valence-corrected chi connectivity index (χ1v) is 8.52. The number of likely N-dealkylation sites (tertiary alicyclic amines) is 1. The molecular formula is C19H22N4O. The fourth-order valence-electron chi connectivity index (χ4n) is 3.81. The summed E-state index contributed by atoms with van der Waals surface area (Å²) >= 11 is 0. The standard InChI is InChI=1S/C19H22N4O/c1-21-13-15(17-7-2-3-8-18(17)21)12-19(24)23-11-4-6-16(23)14-22-10-5-9-20-22/h2-3,5,7-10,13,16H,4,6,11-12,14H2,1H3.